The molecule has 1 aromatic carbocycles. The molecule has 1 atom stereocenters. The third-order valence-electron chi connectivity index (χ3n) is 2.49. The van der Waals surface area contributed by atoms with Gasteiger partial charge in [0.2, 0.25) is 0 Å². The van der Waals surface area contributed by atoms with E-state index >= 15 is 0 Å². The summed E-state index contributed by atoms with van der Waals surface area (Å²) in [4.78, 5) is 11.8. The van der Waals surface area contributed by atoms with Crippen molar-refractivity contribution in [2.24, 2.45) is 0 Å². The van der Waals surface area contributed by atoms with E-state index in [4.69, 9.17) is 4.42 Å². The molecule has 0 radical (unpaired) electrons. The first-order valence-electron chi connectivity index (χ1n) is 5.37. The summed E-state index contributed by atoms with van der Waals surface area (Å²) in [7, 11) is 0. The van der Waals surface area contributed by atoms with Crippen LogP contribution in [-0.2, 0) is 0 Å². The molecule has 1 aromatic heterocycles. The van der Waals surface area contributed by atoms with Crippen molar-refractivity contribution in [1.29, 1.82) is 0 Å². The zero-order chi connectivity index (χ0) is 13.1. The van der Waals surface area contributed by atoms with E-state index < -0.39 is 23.6 Å². The first-order valence-corrected chi connectivity index (χ1v) is 5.37. The minimum absolute atomic E-state index is 0.199. The van der Waals surface area contributed by atoms with Gasteiger partial charge in [-0.05, 0) is 31.2 Å². The summed E-state index contributed by atoms with van der Waals surface area (Å²) in [5.41, 5.74) is -0.199. The number of hydrogen-bond acceptors (Lipinski definition) is 2. The second-order valence-electron chi connectivity index (χ2n) is 3.83. The van der Waals surface area contributed by atoms with Crippen LogP contribution in [0.25, 0.3) is 0 Å². The van der Waals surface area contributed by atoms with Gasteiger partial charge >= 0.3 is 0 Å². The lowest BCUT2D eigenvalue weighted by molar-refractivity contribution is 0.0931. The van der Waals surface area contributed by atoms with Crippen molar-refractivity contribution in [1.82, 2.24) is 5.32 Å². The van der Waals surface area contributed by atoms with Crippen molar-refractivity contribution in [3.05, 3.63) is 59.6 Å². The Labute approximate surface area is 102 Å². The Hall–Kier alpha value is -2.17. The third-order valence-corrected chi connectivity index (χ3v) is 2.49. The highest BCUT2D eigenvalue weighted by Crippen LogP contribution is 2.15. The van der Waals surface area contributed by atoms with Crippen molar-refractivity contribution < 1.29 is 18.0 Å². The molecule has 1 N–H and O–H groups in total. The number of nitrogens with one attached hydrogen (secondary N) is 1. The summed E-state index contributed by atoms with van der Waals surface area (Å²) >= 11 is 0. The topological polar surface area (TPSA) is 42.2 Å². The largest absolute Gasteiger partial charge is 0.467 e. The van der Waals surface area contributed by atoms with Gasteiger partial charge < -0.3 is 9.73 Å². The van der Waals surface area contributed by atoms with Crippen LogP contribution in [0, 0.1) is 11.6 Å². The Morgan fingerprint density at radius 1 is 1.33 bits per heavy atom. The molecule has 2 aromatic rings. The molecule has 0 aliphatic carbocycles. The van der Waals surface area contributed by atoms with Gasteiger partial charge in [0, 0.05) is 6.07 Å². The van der Waals surface area contributed by atoms with Crippen LogP contribution in [0.4, 0.5) is 8.78 Å². The van der Waals surface area contributed by atoms with Crippen LogP contribution in [0.2, 0.25) is 0 Å². The molecule has 5 heteroatoms. The first-order chi connectivity index (χ1) is 8.58. The molecule has 18 heavy (non-hydrogen) atoms. The van der Waals surface area contributed by atoms with Gasteiger partial charge in [0.15, 0.2) is 0 Å². The number of amides is 1. The Morgan fingerprint density at radius 3 is 2.72 bits per heavy atom. The maximum Gasteiger partial charge on any atom is 0.254 e. The van der Waals surface area contributed by atoms with Gasteiger partial charge in [0.05, 0.1) is 17.9 Å². The molecule has 0 aliphatic heterocycles. The summed E-state index contributed by atoms with van der Waals surface area (Å²) < 4.78 is 31.2. The molecule has 0 saturated heterocycles. The normalized spacial score (nSPS) is 12.2. The lowest BCUT2D eigenvalue weighted by Gasteiger charge is -2.11. The average Bonchev–Trinajstić information content (AvgIpc) is 2.81. The summed E-state index contributed by atoms with van der Waals surface area (Å²) in [5, 5.41) is 2.56. The maximum absolute atomic E-state index is 13.4. The van der Waals surface area contributed by atoms with Gasteiger partial charge in [-0.3, -0.25) is 4.79 Å². The molecule has 0 aliphatic rings. The van der Waals surface area contributed by atoms with Gasteiger partial charge in [-0.2, -0.15) is 0 Å². The predicted octanol–water partition coefficient (Wildman–Crippen LogP) is 3.05. The molecule has 0 saturated carbocycles. The zero-order valence-electron chi connectivity index (χ0n) is 9.61. The van der Waals surface area contributed by atoms with Gasteiger partial charge in [-0.15, -0.1) is 0 Å². The smallest absolute Gasteiger partial charge is 0.254 e. The van der Waals surface area contributed by atoms with E-state index in [9.17, 15) is 13.6 Å². The van der Waals surface area contributed by atoms with Crippen LogP contribution >= 0.6 is 0 Å². The van der Waals surface area contributed by atoms with Gasteiger partial charge in [0.1, 0.15) is 17.4 Å². The minimum atomic E-state index is -0.890. The highest BCUT2D eigenvalue weighted by atomic mass is 19.1. The van der Waals surface area contributed by atoms with E-state index in [1.165, 1.54) is 6.26 Å². The number of benzene rings is 1. The zero-order valence-corrected chi connectivity index (χ0v) is 9.61. The van der Waals surface area contributed by atoms with E-state index in [0.29, 0.717) is 11.8 Å². The molecule has 1 amide bonds. The van der Waals surface area contributed by atoms with Crippen LogP contribution < -0.4 is 5.32 Å². The Kier molecular flexibility index (Phi) is 3.41. The van der Waals surface area contributed by atoms with Crippen molar-refractivity contribution in [3.63, 3.8) is 0 Å². The summed E-state index contributed by atoms with van der Waals surface area (Å²) in [6.45, 7) is 1.71. The summed E-state index contributed by atoms with van der Waals surface area (Å²) in [5.74, 6) is -1.66. The molecule has 94 valence electrons. The second-order valence-corrected chi connectivity index (χ2v) is 3.83. The van der Waals surface area contributed by atoms with Crippen molar-refractivity contribution in [2.45, 2.75) is 13.0 Å². The molecular weight excluding hydrogens is 240 g/mol. The molecule has 0 unspecified atom stereocenters. The third kappa shape index (κ3) is 2.56. The summed E-state index contributed by atoms with van der Waals surface area (Å²) in [6.07, 6.45) is 1.48. The number of halogens is 2. The molecule has 3 nitrogen and oxygen atoms in total. The van der Waals surface area contributed by atoms with E-state index in [1.54, 1.807) is 19.1 Å². The number of rotatable bonds is 3. The van der Waals surface area contributed by atoms with Gasteiger partial charge in [0.25, 0.3) is 5.91 Å². The number of hydrogen-bond donors (Lipinski definition) is 1. The van der Waals surface area contributed by atoms with Crippen molar-refractivity contribution >= 4 is 5.91 Å². The fourth-order valence-electron chi connectivity index (χ4n) is 1.56. The van der Waals surface area contributed by atoms with Crippen LogP contribution in [0.1, 0.15) is 29.1 Å². The van der Waals surface area contributed by atoms with Gasteiger partial charge in [-0.1, -0.05) is 0 Å². The molecule has 0 fully saturated rings. The van der Waals surface area contributed by atoms with E-state index in [0.717, 1.165) is 12.1 Å². The Morgan fingerprint density at radius 2 is 2.11 bits per heavy atom. The van der Waals surface area contributed by atoms with E-state index in [1.807, 2.05) is 0 Å². The quantitative estimate of drug-likeness (QED) is 0.911. The maximum atomic E-state index is 13.4. The second kappa shape index (κ2) is 5.00. The molecule has 0 bridgehead atoms. The number of carbonyl (C=O) groups is 1. The number of furan rings is 1. The van der Waals surface area contributed by atoms with Crippen molar-refractivity contribution in [3.8, 4) is 0 Å². The van der Waals surface area contributed by atoms with Crippen molar-refractivity contribution in [2.75, 3.05) is 0 Å². The molecule has 1 heterocycles. The van der Waals surface area contributed by atoms with E-state index in [2.05, 4.69) is 5.32 Å². The average molecular weight is 251 g/mol. The van der Waals surface area contributed by atoms with Crippen LogP contribution in [-0.4, -0.2) is 5.91 Å². The van der Waals surface area contributed by atoms with Gasteiger partial charge in [-0.25, -0.2) is 8.78 Å². The van der Waals surface area contributed by atoms with Crippen LogP contribution in [0.5, 0.6) is 0 Å². The Bertz CT molecular complexity index is 552. The molecular formula is C13H11F2NO2. The Balaban J connectivity index is 2.12. The lowest BCUT2D eigenvalue weighted by Crippen LogP contribution is -2.27. The SMILES string of the molecule is C[C@H](NC(=O)c1ccc(F)cc1F)c1ccco1. The predicted molar refractivity (Wildman–Crippen MR) is 60.9 cm³/mol. The minimum Gasteiger partial charge on any atom is -0.467 e. The molecule has 2 rings (SSSR count). The van der Waals surface area contributed by atoms with E-state index in [-0.39, 0.29) is 5.56 Å². The highest BCUT2D eigenvalue weighted by Gasteiger charge is 2.16. The van der Waals surface area contributed by atoms with Crippen LogP contribution in [0.15, 0.2) is 41.0 Å². The lowest BCUT2D eigenvalue weighted by atomic mass is 10.1. The standard InChI is InChI=1S/C13H11F2NO2/c1-8(12-3-2-6-18-12)16-13(17)10-5-4-9(14)7-11(10)15/h2-8H,1H3,(H,16,17)/t8-/m0/s1. The summed E-state index contributed by atoms with van der Waals surface area (Å²) in [6, 6.07) is 5.82. The first kappa shape index (κ1) is 12.3. The fraction of sp³-hybridized carbons (Fsp3) is 0.154. The molecule has 0 spiro atoms. The monoisotopic (exact) mass is 251 g/mol. The fourth-order valence-corrected chi connectivity index (χ4v) is 1.56. The van der Waals surface area contributed by atoms with Crippen LogP contribution in [0.3, 0.4) is 0 Å². The number of carbonyl (C=O) groups excluding carboxylic acids is 1. The highest BCUT2D eigenvalue weighted by molar-refractivity contribution is 5.94.